The number of thiophene rings is 1. The molecule has 1 aliphatic heterocycles. The zero-order chi connectivity index (χ0) is 26.0. The molecular formula is C27H31N7O2S. The molecule has 4 aromatic rings. The molecule has 10 heteroatoms. The molecule has 0 saturated carbocycles. The van der Waals surface area contributed by atoms with Gasteiger partial charge in [0.05, 0.1) is 22.8 Å². The van der Waals surface area contributed by atoms with Crippen LogP contribution in [0.4, 0.5) is 5.69 Å². The number of nitrogens with one attached hydrogen (secondary N) is 3. The first-order valence-electron chi connectivity index (χ1n) is 12.5. The van der Waals surface area contributed by atoms with Crippen molar-refractivity contribution in [3.63, 3.8) is 0 Å². The Morgan fingerprint density at radius 3 is 2.73 bits per heavy atom. The minimum absolute atomic E-state index is 0.286. The fourth-order valence-corrected chi connectivity index (χ4v) is 5.55. The summed E-state index contributed by atoms with van der Waals surface area (Å²) in [7, 11) is 0. The fourth-order valence-electron chi connectivity index (χ4n) is 4.89. The van der Waals surface area contributed by atoms with Crippen molar-refractivity contribution < 1.29 is 9.59 Å². The second-order valence-electron chi connectivity index (χ2n) is 9.42. The average Bonchev–Trinajstić information content (AvgIpc) is 3.59. The van der Waals surface area contributed by atoms with Gasteiger partial charge in [0.15, 0.2) is 5.65 Å². The van der Waals surface area contributed by atoms with Crippen LogP contribution in [0.5, 0.6) is 0 Å². The van der Waals surface area contributed by atoms with Gasteiger partial charge < -0.3 is 21.7 Å². The van der Waals surface area contributed by atoms with E-state index in [9.17, 15) is 9.59 Å². The van der Waals surface area contributed by atoms with Gasteiger partial charge in [-0.25, -0.2) is 9.67 Å². The molecule has 1 fully saturated rings. The highest BCUT2D eigenvalue weighted by molar-refractivity contribution is 7.08. The molecule has 0 radical (unpaired) electrons. The monoisotopic (exact) mass is 517 g/mol. The van der Waals surface area contributed by atoms with E-state index in [2.05, 4.69) is 50.5 Å². The number of benzene rings is 1. The lowest BCUT2D eigenvalue weighted by atomic mass is 9.86. The van der Waals surface area contributed by atoms with Gasteiger partial charge in [0, 0.05) is 19.3 Å². The number of carbonyl (C=O) groups is 2. The topological polar surface area (TPSA) is 127 Å². The first kappa shape index (κ1) is 24.9. The van der Waals surface area contributed by atoms with Crippen molar-refractivity contribution in [1.82, 2.24) is 25.4 Å². The highest BCUT2D eigenvalue weighted by Crippen LogP contribution is 2.32. The van der Waals surface area contributed by atoms with Gasteiger partial charge in [0.25, 0.3) is 5.91 Å². The smallest absolute Gasteiger partial charge is 0.255 e. The molecule has 0 spiro atoms. The van der Waals surface area contributed by atoms with Crippen LogP contribution in [0.2, 0.25) is 0 Å². The second-order valence-corrected chi connectivity index (χ2v) is 10.2. The number of hydrogen-bond donors (Lipinski definition) is 4. The summed E-state index contributed by atoms with van der Waals surface area (Å²) in [6.07, 6.45) is 4.28. The third-order valence-corrected chi connectivity index (χ3v) is 7.72. The second kappa shape index (κ2) is 10.3. The Hall–Kier alpha value is -3.76. The lowest BCUT2D eigenvalue weighted by molar-refractivity contribution is -0.123. The molecule has 9 nitrogen and oxygen atoms in total. The van der Waals surface area contributed by atoms with Crippen LogP contribution >= 0.6 is 11.3 Å². The molecule has 0 aliphatic carbocycles. The standard InChI is InChI=1S/C27H31N7O2S/c1-3-34-24-21(15-32-34)23(33-27(26(28)36)7-9-29-10-8-27)22(14-30-24)25(35)31-13-18-5-4-17(2)12-20(18)19-6-11-37-16-19/h4-6,11-12,14-16,29H,3,7-10,13H2,1-2H3,(H2,28,36)(H,30,33)(H,31,35). The molecule has 0 unspecified atom stereocenters. The number of nitrogens with two attached hydrogens (primary N) is 1. The molecular weight excluding hydrogens is 486 g/mol. The number of anilines is 1. The van der Waals surface area contributed by atoms with Gasteiger partial charge in [-0.2, -0.15) is 16.4 Å². The Morgan fingerprint density at radius 2 is 2.03 bits per heavy atom. The molecule has 5 rings (SSSR count). The SMILES string of the molecule is CCn1ncc2c(NC3(C(N)=O)CCNCC3)c(C(=O)NCc3ccc(C)cc3-c3ccsc3)cnc21. The number of piperidine rings is 1. The number of aromatic nitrogens is 3. The summed E-state index contributed by atoms with van der Waals surface area (Å²) in [5.41, 5.74) is 10.9. The Labute approximate surface area is 219 Å². The van der Waals surface area contributed by atoms with E-state index >= 15 is 0 Å². The predicted molar refractivity (Wildman–Crippen MR) is 147 cm³/mol. The minimum Gasteiger partial charge on any atom is -0.370 e. The summed E-state index contributed by atoms with van der Waals surface area (Å²) in [5, 5.41) is 19.0. The summed E-state index contributed by atoms with van der Waals surface area (Å²) in [5.74, 6) is -0.722. The molecule has 3 aromatic heterocycles. The van der Waals surface area contributed by atoms with Gasteiger partial charge in [-0.15, -0.1) is 0 Å². The van der Waals surface area contributed by atoms with Crippen molar-refractivity contribution >= 4 is 39.9 Å². The Bertz CT molecular complexity index is 1440. The van der Waals surface area contributed by atoms with Crippen molar-refractivity contribution in [2.45, 2.75) is 45.3 Å². The van der Waals surface area contributed by atoms with Gasteiger partial charge in [-0.1, -0.05) is 23.8 Å². The van der Waals surface area contributed by atoms with Crippen LogP contribution in [-0.2, 0) is 17.9 Å². The van der Waals surface area contributed by atoms with Crippen molar-refractivity contribution in [3.8, 4) is 11.1 Å². The molecule has 192 valence electrons. The lowest BCUT2D eigenvalue weighted by Gasteiger charge is -2.37. The van der Waals surface area contributed by atoms with Gasteiger partial charge in [-0.05, 0) is 73.3 Å². The maximum absolute atomic E-state index is 13.6. The first-order chi connectivity index (χ1) is 17.9. The summed E-state index contributed by atoms with van der Waals surface area (Å²) < 4.78 is 1.76. The zero-order valence-corrected chi connectivity index (χ0v) is 21.8. The molecule has 1 saturated heterocycles. The summed E-state index contributed by atoms with van der Waals surface area (Å²) >= 11 is 1.64. The van der Waals surface area contributed by atoms with E-state index in [4.69, 9.17) is 5.73 Å². The number of hydrogen-bond acceptors (Lipinski definition) is 7. The molecule has 4 heterocycles. The minimum atomic E-state index is -0.966. The zero-order valence-electron chi connectivity index (χ0n) is 21.0. The van der Waals surface area contributed by atoms with Gasteiger partial charge in [-0.3, -0.25) is 9.59 Å². The number of fused-ring (bicyclic) bond motifs is 1. The van der Waals surface area contributed by atoms with Crippen molar-refractivity contribution in [2.24, 2.45) is 5.73 Å². The number of primary amides is 1. The first-order valence-corrected chi connectivity index (χ1v) is 13.4. The Balaban J connectivity index is 1.50. The Morgan fingerprint density at radius 1 is 1.22 bits per heavy atom. The van der Waals surface area contributed by atoms with Gasteiger partial charge >= 0.3 is 0 Å². The molecule has 2 amide bonds. The van der Waals surface area contributed by atoms with E-state index < -0.39 is 11.4 Å². The number of aryl methyl sites for hydroxylation is 2. The lowest BCUT2D eigenvalue weighted by Crippen LogP contribution is -2.56. The largest absolute Gasteiger partial charge is 0.370 e. The quantitative estimate of drug-likeness (QED) is 0.284. The molecule has 5 N–H and O–H groups in total. The van der Waals surface area contributed by atoms with E-state index in [0.717, 1.165) is 22.3 Å². The van der Waals surface area contributed by atoms with Crippen molar-refractivity contribution in [1.29, 1.82) is 0 Å². The number of pyridine rings is 1. The molecule has 0 atom stereocenters. The number of amides is 2. The maximum atomic E-state index is 13.6. The van der Waals surface area contributed by atoms with Gasteiger partial charge in [0.1, 0.15) is 5.54 Å². The number of nitrogens with zero attached hydrogens (tertiary/aromatic N) is 3. The van der Waals surface area contributed by atoms with Crippen molar-refractivity contribution in [3.05, 3.63) is 64.1 Å². The van der Waals surface area contributed by atoms with Crippen molar-refractivity contribution in [2.75, 3.05) is 18.4 Å². The summed E-state index contributed by atoms with van der Waals surface area (Å²) in [4.78, 5) is 30.8. The normalized spacial score (nSPS) is 15.0. The molecule has 1 aliphatic rings. The highest BCUT2D eigenvalue weighted by atomic mass is 32.1. The third-order valence-electron chi connectivity index (χ3n) is 7.04. The molecule has 37 heavy (non-hydrogen) atoms. The molecule has 0 bridgehead atoms. The van der Waals surface area contributed by atoms with Gasteiger partial charge in [0.2, 0.25) is 5.91 Å². The predicted octanol–water partition coefficient (Wildman–Crippen LogP) is 3.44. The highest BCUT2D eigenvalue weighted by Gasteiger charge is 2.39. The Kier molecular flexibility index (Phi) is 6.94. The average molecular weight is 518 g/mol. The number of carbonyl (C=O) groups excluding carboxylic acids is 2. The summed E-state index contributed by atoms with van der Waals surface area (Å²) in [6.45, 7) is 6.32. The van der Waals surface area contributed by atoms with Crippen LogP contribution in [0.1, 0.15) is 41.3 Å². The van der Waals surface area contributed by atoms with Crippen LogP contribution in [0.25, 0.3) is 22.2 Å². The van der Waals surface area contributed by atoms with Crippen LogP contribution in [-0.4, -0.2) is 45.2 Å². The van der Waals surface area contributed by atoms with Crippen LogP contribution in [0.3, 0.4) is 0 Å². The van der Waals surface area contributed by atoms with E-state index in [0.29, 0.717) is 61.3 Å². The third kappa shape index (κ3) is 4.82. The van der Waals surface area contributed by atoms with Crippen LogP contribution < -0.4 is 21.7 Å². The fraction of sp³-hybridized carbons (Fsp3) is 0.333. The van der Waals surface area contributed by atoms with Crippen LogP contribution in [0, 0.1) is 6.92 Å². The maximum Gasteiger partial charge on any atom is 0.255 e. The van der Waals surface area contributed by atoms with E-state index in [1.165, 1.54) is 0 Å². The van der Waals surface area contributed by atoms with E-state index in [-0.39, 0.29) is 5.91 Å². The molecule has 1 aromatic carbocycles. The van der Waals surface area contributed by atoms with E-state index in [1.54, 1.807) is 28.4 Å². The van der Waals surface area contributed by atoms with E-state index in [1.807, 2.05) is 24.4 Å². The van der Waals surface area contributed by atoms with Crippen LogP contribution in [0.15, 0.2) is 47.4 Å². The number of rotatable bonds is 8. The summed E-state index contributed by atoms with van der Waals surface area (Å²) in [6, 6.07) is 8.31.